The Kier molecular flexibility index (Phi) is 2.59. The lowest BCUT2D eigenvalue weighted by molar-refractivity contribution is 0.102. The molecule has 3 aromatic rings. The third-order valence-corrected chi connectivity index (χ3v) is 2.96. The Morgan fingerprint density at radius 3 is 2.89 bits per heavy atom. The molecule has 1 amide bonds. The molecule has 0 spiro atoms. The van der Waals surface area contributed by atoms with Crippen molar-refractivity contribution in [1.82, 2.24) is 9.97 Å². The van der Waals surface area contributed by atoms with Gasteiger partial charge >= 0.3 is 0 Å². The number of furan rings is 1. The molecule has 19 heavy (non-hydrogen) atoms. The van der Waals surface area contributed by atoms with Crippen molar-refractivity contribution in [3.8, 4) is 0 Å². The number of anilines is 1. The van der Waals surface area contributed by atoms with Crippen LogP contribution in [0.4, 0.5) is 5.69 Å². The Morgan fingerprint density at radius 1 is 1.32 bits per heavy atom. The quantitative estimate of drug-likeness (QED) is 0.739. The van der Waals surface area contributed by atoms with Gasteiger partial charge in [-0.1, -0.05) is 0 Å². The first-order valence-electron chi connectivity index (χ1n) is 5.95. The number of nitrogens with one attached hydrogen (secondary N) is 2. The normalized spacial score (nSPS) is 10.8. The molecule has 2 aromatic heterocycles. The first kappa shape index (κ1) is 11.5. The molecule has 0 aliphatic heterocycles. The number of nitrogens with zero attached hydrogens (tertiary/aromatic N) is 1. The van der Waals surface area contributed by atoms with E-state index in [0.717, 1.165) is 22.5 Å². The van der Waals surface area contributed by atoms with Crippen molar-refractivity contribution in [2.24, 2.45) is 0 Å². The van der Waals surface area contributed by atoms with Crippen LogP contribution in [0.3, 0.4) is 0 Å². The number of hydrogen-bond donors (Lipinski definition) is 2. The highest BCUT2D eigenvalue weighted by Gasteiger charge is 2.13. The van der Waals surface area contributed by atoms with E-state index in [1.54, 1.807) is 19.3 Å². The van der Waals surface area contributed by atoms with Crippen molar-refractivity contribution >= 4 is 22.6 Å². The molecule has 2 heterocycles. The molecule has 0 unspecified atom stereocenters. The molecule has 0 radical (unpaired) electrons. The fourth-order valence-electron chi connectivity index (χ4n) is 2.07. The van der Waals surface area contributed by atoms with Gasteiger partial charge in [0.05, 0.1) is 22.9 Å². The summed E-state index contributed by atoms with van der Waals surface area (Å²) in [6.07, 6.45) is 1.62. The maximum Gasteiger partial charge on any atom is 0.259 e. The van der Waals surface area contributed by atoms with E-state index in [1.807, 2.05) is 25.1 Å². The van der Waals surface area contributed by atoms with Crippen LogP contribution in [-0.2, 0) is 0 Å². The zero-order chi connectivity index (χ0) is 13.4. The monoisotopic (exact) mass is 255 g/mol. The van der Waals surface area contributed by atoms with Crippen LogP contribution in [-0.4, -0.2) is 15.9 Å². The lowest BCUT2D eigenvalue weighted by Crippen LogP contribution is -2.11. The van der Waals surface area contributed by atoms with Gasteiger partial charge in [-0.25, -0.2) is 4.98 Å². The summed E-state index contributed by atoms with van der Waals surface area (Å²) >= 11 is 0. The summed E-state index contributed by atoms with van der Waals surface area (Å²) in [5, 5.41) is 2.85. The van der Waals surface area contributed by atoms with Gasteiger partial charge in [0, 0.05) is 5.69 Å². The lowest BCUT2D eigenvalue weighted by atomic mass is 10.2. The number of rotatable bonds is 2. The van der Waals surface area contributed by atoms with Gasteiger partial charge < -0.3 is 14.7 Å². The molecule has 0 aliphatic carbocycles. The summed E-state index contributed by atoms with van der Waals surface area (Å²) in [4.78, 5) is 19.3. The summed E-state index contributed by atoms with van der Waals surface area (Å²) in [5.41, 5.74) is 3.04. The van der Waals surface area contributed by atoms with E-state index in [1.165, 1.54) is 0 Å². The van der Waals surface area contributed by atoms with Crippen molar-refractivity contribution < 1.29 is 9.21 Å². The Labute approximate surface area is 109 Å². The van der Waals surface area contributed by atoms with E-state index in [4.69, 9.17) is 4.42 Å². The SMILES string of the molecule is Cc1cc(C(=O)Nc2ccc3nc[nH]c3c2)c(C)o1. The molecule has 2 N–H and O–H groups in total. The lowest BCUT2D eigenvalue weighted by Gasteiger charge is -2.04. The van der Waals surface area contributed by atoms with Crippen LogP contribution < -0.4 is 5.32 Å². The molecule has 0 bridgehead atoms. The third-order valence-electron chi connectivity index (χ3n) is 2.96. The standard InChI is InChI=1S/C14H13N3O2/c1-8-5-11(9(2)19-8)14(18)17-10-3-4-12-13(6-10)16-7-15-12/h3-7H,1-2H3,(H,15,16)(H,17,18). The van der Waals surface area contributed by atoms with Crippen LogP contribution in [0.2, 0.25) is 0 Å². The zero-order valence-electron chi connectivity index (χ0n) is 10.7. The molecule has 1 aromatic carbocycles. The van der Waals surface area contributed by atoms with E-state index in [-0.39, 0.29) is 5.91 Å². The fraction of sp³-hybridized carbons (Fsp3) is 0.143. The second-order valence-electron chi connectivity index (χ2n) is 4.42. The minimum Gasteiger partial charge on any atom is -0.466 e. The average Bonchev–Trinajstić information content (AvgIpc) is 2.94. The van der Waals surface area contributed by atoms with Crippen molar-refractivity contribution in [3.05, 3.63) is 47.7 Å². The summed E-state index contributed by atoms with van der Waals surface area (Å²) in [7, 11) is 0. The Morgan fingerprint density at radius 2 is 2.16 bits per heavy atom. The fourth-order valence-corrected chi connectivity index (χ4v) is 2.07. The second kappa shape index (κ2) is 4.28. The molecule has 0 fully saturated rings. The molecule has 0 saturated heterocycles. The number of amides is 1. The smallest absolute Gasteiger partial charge is 0.259 e. The number of hydrogen-bond acceptors (Lipinski definition) is 3. The van der Waals surface area contributed by atoms with E-state index in [0.29, 0.717) is 11.3 Å². The van der Waals surface area contributed by atoms with Gasteiger partial charge in [-0.05, 0) is 38.1 Å². The molecular formula is C14H13N3O2. The van der Waals surface area contributed by atoms with E-state index >= 15 is 0 Å². The topological polar surface area (TPSA) is 70.9 Å². The van der Waals surface area contributed by atoms with Crippen LogP contribution in [0.25, 0.3) is 11.0 Å². The molecular weight excluding hydrogens is 242 g/mol. The molecule has 5 heteroatoms. The van der Waals surface area contributed by atoms with Crippen LogP contribution in [0.1, 0.15) is 21.9 Å². The summed E-state index contributed by atoms with van der Waals surface area (Å²) < 4.78 is 5.35. The van der Waals surface area contributed by atoms with Gasteiger partial charge in [-0.3, -0.25) is 4.79 Å². The first-order chi connectivity index (χ1) is 9.13. The average molecular weight is 255 g/mol. The van der Waals surface area contributed by atoms with Crippen molar-refractivity contribution in [2.45, 2.75) is 13.8 Å². The van der Waals surface area contributed by atoms with E-state index in [2.05, 4.69) is 15.3 Å². The highest BCUT2D eigenvalue weighted by atomic mass is 16.3. The number of H-pyrrole nitrogens is 1. The Hall–Kier alpha value is -2.56. The summed E-state index contributed by atoms with van der Waals surface area (Å²) in [6.45, 7) is 3.60. The molecule has 96 valence electrons. The van der Waals surface area contributed by atoms with E-state index < -0.39 is 0 Å². The van der Waals surface area contributed by atoms with Gasteiger partial charge in [0.2, 0.25) is 0 Å². The van der Waals surface area contributed by atoms with Crippen molar-refractivity contribution in [3.63, 3.8) is 0 Å². The first-order valence-corrected chi connectivity index (χ1v) is 5.95. The van der Waals surface area contributed by atoms with Crippen LogP contribution in [0.5, 0.6) is 0 Å². The number of imidazole rings is 1. The second-order valence-corrected chi connectivity index (χ2v) is 4.42. The zero-order valence-corrected chi connectivity index (χ0v) is 10.7. The summed E-state index contributed by atoms with van der Waals surface area (Å²) in [5.74, 6) is 1.18. The van der Waals surface area contributed by atoms with Crippen LogP contribution in [0, 0.1) is 13.8 Å². The number of fused-ring (bicyclic) bond motifs is 1. The largest absolute Gasteiger partial charge is 0.466 e. The van der Waals surface area contributed by atoms with Gasteiger partial charge in [0.25, 0.3) is 5.91 Å². The van der Waals surface area contributed by atoms with Crippen LogP contribution in [0.15, 0.2) is 35.0 Å². The van der Waals surface area contributed by atoms with Crippen molar-refractivity contribution in [2.75, 3.05) is 5.32 Å². The highest BCUT2D eigenvalue weighted by Crippen LogP contribution is 2.19. The number of aromatic nitrogens is 2. The predicted molar refractivity (Wildman–Crippen MR) is 72.2 cm³/mol. The molecule has 3 rings (SSSR count). The minimum atomic E-state index is -0.173. The van der Waals surface area contributed by atoms with Gasteiger partial charge in [0.1, 0.15) is 11.5 Å². The Bertz CT molecular complexity index is 755. The van der Waals surface area contributed by atoms with Gasteiger partial charge in [0.15, 0.2) is 0 Å². The number of aromatic amines is 1. The number of carbonyl (C=O) groups excluding carboxylic acids is 1. The third kappa shape index (κ3) is 2.10. The molecule has 0 aliphatic rings. The van der Waals surface area contributed by atoms with E-state index in [9.17, 15) is 4.79 Å². The van der Waals surface area contributed by atoms with Gasteiger partial charge in [-0.15, -0.1) is 0 Å². The minimum absolute atomic E-state index is 0.173. The molecule has 0 saturated carbocycles. The highest BCUT2D eigenvalue weighted by molar-refractivity contribution is 6.05. The Balaban J connectivity index is 1.88. The van der Waals surface area contributed by atoms with Gasteiger partial charge in [-0.2, -0.15) is 0 Å². The predicted octanol–water partition coefficient (Wildman–Crippen LogP) is 3.03. The number of aryl methyl sites for hydroxylation is 2. The summed E-state index contributed by atoms with van der Waals surface area (Å²) in [6, 6.07) is 7.26. The van der Waals surface area contributed by atoms with Crippen molar-refractivity contribution in [1.29, 1.82) is 0 Å². The maximum atomic E-state index is 12.1. The molecule has 5 nitrogen and oxygen atoms in total. The maximum absolute atomic E-state index is 12.1. The number of carbonyl (C=O) groups is 1. The number of benzene rings is 1. The molecule has 0 atom stereocenters. The van der Waals surface area contributed by atoms with Crippen LogP contribution >= 0.6 is 0 Å².